The van der Waals surface area contributed by atoms with Gasteiger partial charge in [-0.3, -0.25) is 9.59 Å². The Kier molecular flexibility index (Phi) is 6.58. The van der Waals surface area contributed by atoms with Crippen molar-refractivity contribution in [1.29, 1.82) is 0 Å². The summed E-state index contributed by atoms with van der Waals surface area (Å²) in [5.41, 5.74) is 4.72. The Morgan fingerprint density at radius 1 is 1.32 bits per heavy atom. The van der Waals surface area contributed by atoms with Crippen LogP contribution in [0.2, 0.25) is 10.0 Å². The molecule has 0 radical (unpaired) electrons. The molecule has 2 atom stereocenters. The van der Waals surface area contributed by atoms with Gasteiger partial charge < -0.3 is 15.8 Å². The molecule has 0 bridgehead atoms. The number of benzene rings is 1. The maximum absolute atomic E-state index is 13.4. The number of amides is 2. The molecule has 0 aliphatic carbocycles. The monoisotopic (exact) mass is 350 g/mol. The van der Waals surface area contributed by atoms with Crippen molar-refractivity contribution in [2.75, 3.05) is 7.11 Å². The third kappa shape index (κ3) is 4.57. The average molecular weight is 351 g/mol. The number of ether oxygens (including phenoxy) is 1. The molecule has 0 heterocycles. The van der Waals surface area contributed by atoms with Gasteiger partial charge in [0.15, 0.2) is 6.17 Å². The van der Waals surface area contributed by atoms with E-state index in [0.717, 1.165) is 7.11 Å². The second-order valence-electron chi connectivity index (χ2n) is 4.25. The van der Waals surface area contributed by atoms with Crippen LogP contribution in [0.3, 0.4) is 0 Å². The van der Waals surface area contributed by atoms with E-state index in [4.69, 9.17) is 28.9 Å². The predicted molar refractivity (Wildman–Crippen MR) is 78.4 cm³/mol. The van der Waals surface area contributed by atoms with Gasteiger partial charge in [-0.15, -0.1) is 0 Å². The van der Waals surface area contributed by atoms with Crippen molar-refractivity contribution in [2.24, 2.45) is 5.73 Å². The van der Waals surface area contributed by atoms with Crippen molar-refractivity contribution in [2.45, 2.75) is 18.6 Å². The molecule has 0 saturated heterocycles. The van der Waals surface area contributed by atoms with E-state index >= 15 is 0 Å². The number of hydrogen-bond donors (Lipinski definition) is 2. The molecule has 0 aliphatic heterocycles. The van der Waals surface area contributed by atoms with E-state index in [1.807, 2.05) is 0 Å². The fourth-order valence-corrected chi connectivity index (χ4v) is 2.19. The first kappa shape index (κ1) is 18.2. The van der Waals surface area contributed by atoms with Crippen LogP contribution in [0.1, 0.15) is 16.8 Å². The van der Waals surface area contributed by atoms with Crippen LogP contribution in [0, 0.1) is 0 Å². The SMILES string of the molecule is COC(=O)[C@H](C[C@@H](F)C(N)=O)NC(=O)c1c(Cl)cccc1Cl. The number of esters is 1. The Bertz CT molecular complexity index is 577. The lowest BCUT2D eigenvalue weighted by molar-refractivity contribution is -0.143. The number of nitrogens with one attached hydrogen (secondary N) is 1. The van der Waals surface area contributed by atoms with Gasteiger partial charge >= 0.3 is 5.97 Å². The van der Waals surface area contributed by atoms with Crippen LogP contribution < -0.4 is 11.1 Å². The minimum absolute atomic E-state index is 0.0558. The van der Waals surface area contributed by atoms with Crippen molar-refractivity contribution >= 4 is 41.0 Å². The maximum Gasteiger partial charge on any atom is 0.328 e. The lowest BCUT2D eigenvalue weighted by atomic mass is 10.1. The first-order valence-corrected chi connectivity index (χ1v) is 6.79. The largest absolute Gasteiger partial charge is 0.467 e. The number of hydrogen-bond acceptors (Lipinski definition) is 4. The van der Waals surface area contributed by atoms with Gasteiger partial charge in [0.1, 0.15) is 6.04 Å². The third-order valence-electron chi connectivity index (χ3n) is 2.73. The van der Waals surface area contributed by atoms with E-state index in [9.17, 15) is 18.8 Å². The second-order valence-corrected chi connectivity index (χ2v) is 5.07. The van der Waals surface area contributed by atoms with Crippen LogP contribution in [-0.2, 0) is 14.3 Å². The summed E-state index contributed by atoms with van der Waals surface area (Å²) in [5, 5.41) is 2.33. The molecule has 0 fully saturated rings. The molecule has 0 saturated carbocycles. The summed E-state index contributed by atoms with van der Waals surface area (Å²) in [6, 6.07) is 2.98. The molecule has 9 heteroatoms. The summed E-state index contributed by atoms with van der Waals surface area (Å²) in [4.78, 5) is 34.5. The highest BCUT2D eigenvalue weighted by Crippen LogP contribution is 2.24. The Morgan fingerprint density at radius 3 is 2.32 bits per heavy atom. The molecule has 120 valence electrons. The molecule has 0 aliphatic rings. The zero-order valence-corrected chi connectivity index (χ0v) is 12.9. The molecule has 0 aromatic heterocycles. The Labute approximate surface area is 135 Å². The number of methoxy groups -OCH3 is 1. The zero-order valence-electron chi connectivity index (χ0n) is 11.4. The number of alkyl halides is 1. The molecule has 0 spiro atoms. The molecule has 2 amide bonds. The van der Waals surface area contributed by atoms with Gasteiger partial charge in [0.2, 0.25) is 0 Å². The Balaban J connectivity index is 2.96. The Morgan fingerprint density at radius 2 is 1.86 bits per heavy atom. The molecule has 1 aromatic carbocycles. The first-order chi connectivity index (χ1) is 10.3. The molecule has 1 aromatic rings. The lowest BCUT2D eigenvalue weighted by Gasteiger charge is -2.18. The van der Waals surface area contributed by atoms with Gasteiger partial charge in [-0.2, -0.15) is 0 Å². The van der Waals surface area contributed by atoms with Crippen LogP contribution in [0.4, 0.5) is 4.39 Å². The highest BCUT2D eigenvalue weighted by atomic mass is 35.5. The third-order valence-corrected chi connectivity index (χ3v) is 3.36. The fraction of sp³-hybridized carbons (Fsp3) is 0.308. The van der Waals surface area contributed by atoms with Crippen molar-refractivity contribution in [1.82, 2.24) is 5.32 Å². The number of carbonyl (C=O) groups excluding carboxylic acids is 3. The van der Waals surface area contributed by atoms with E-state index in [0.29, 0.717) is 0 Å². The molecular weight excluding hydrogens is 338 g/mol. The fourth-order valence-electron chi connectivity index (χ4n) is 1.62. The number of primary amides is 1. The molecule has 0 unspecified atom stereocenters. The minimum Gasteiger partial charge on any atom is -0.467 e. The van der Waals surface area contributed by atoms with Crippen LogP contribution >= 0.6 is 23.2 Å². The molecule has 22 heavy (non-hydrogen) atoms. The van der Waals surface area contributed by atoms with Crippen LogP contribution in [0.15, 0.2) is 18.2 Å². The second kappa shape index (κ2) is 7.95. The van der Waals surface area contributed by atoms with Crippen LogP contribution in [-0.4, -0.2) is 37.1 Å². The summed E-state index contributed by atoms with van der Waals surface area (Å²) in [6.45, 7) is 0. The number of rotatable bonds is 6. The topological polar surface area (TPSA) is 98.5 Å². The van der Waals surface area contributed by atoms with Crippen LogP contribution in [0.25, 0.3) is 0 Å². The summed E-state index contributed by atoms with van der Waals surface area (Å²) in [7, 11) is 1.06. The van der Waals surface area contributed by atoms with E-state index in [2.05, 4.69) is 10.1 Å². The normalized spacial score (nSPS) is 13.1. The van der Waals surface area contributed by atoms with E-state index < -0.39 is 36.4 Å². The summed E-state index contributed by atoms with van der Waals surface area (Å²) >= 11 is 11.7. The van der Waals surface area contributed by atoms with E-state index in [1.165, 1.54) is 18.2 Å². The van der Waals surface area contributed by atoms with Gasteiger partial charge in [0.25, 0.3) is 11.8 Å². The summed E-state index contributed by atoms with van der Waals surface area (Å²) in [5.74, 6) is -2.98. The van der Waals surface area contributed by atoms with Crippen molar-refractivity contribution in [3.63, 3.8) is 0 Å². The molecule has 1 rings (SSSR count). The zero-order chi connectivity index (χ0) is 16.9. The van der Waals surface area contributed by atoms with E-state index in [1.54, 1.807) is 0 Å². The maximum atomic E-state index is 13.4. The minimum atomic E-state index is -2.12. The predicted octanol–water partition coefficient (Wildman–Crippen LogP) is 1.48. The van der Waals surface area contributed by atoms with Gasteiger partial charge in [0.05, 0.1) is 22.7 Å². The average Bonchev–Trinajstić information content (AvgIpc) is 2.45. The van der Waals surface area contributed by atoms with E-state index in [-0.39, 0.29) is 15.6 Å². The highest BCUT2D eigenvalue weighted by molar-refractivity contribution is 6.39. The molecule has 6 nitrogen and oxygen atoms in total. The summed E-state index contributed by atoms with van der Waals surface area (Å²) < 4.78 is 17.8. The Hall–Kier alpha value is -1.86. The first-order valence-electron chi connectivity index (χ1n) is 6.04. The van der Waals surface area contributed by atoms with Gasteiger partial charge in [0, 0.05) is 6.42 Å². The summed E-state index contributed by atoms with van der Waals surface area (Å²) in [6.07, 6.45) is -2.78. The quantitative estimate of drug-likeness (QED) is 0.759. The van der Waals surface area contributed by atoms with Crippen molar-refractivity contribution in [3.8, 4) is 0 Å². The standard InChI is InChI=1S/C13H13Cl2FN2O4/c1-22-13(21)9(5-8(16)11(17)19)18-12(20)10-6(14)3-2-4-7(10)15/h2-4,8-9H,5H2,1H3,(H2,17,19)(H,18,20)/t8-,9+/m1/s1. The van der Waals surface area contributed by atoms with Crippen LogP contribution in [0.5, 0.6) is 0 Å². The van der Waals surface area contributed by atoms with Crippen molar-refractivity contribution in [3.05, 3.63) is 33.8 Å². The number of nitrogens with two attached hydrogens (primary N) is 1. The lowest BCUT2D eigenvalue weighted by Crippen LogP contribution is -2.45. The number of halogens is 3. The van der Waals surface area contributed by atoms with Crippen molar-refractivity contribution < 1.29 is 23.5 Å². The molecule has 3 N–H and O–H groups in total. The highest BCUT2D eigenvalue weighted by Gasteiger charge is 2.29. The molecular formula is C13H13Cl2FN2O4. The van der Waals surface area contributed by atoms with Gasteiger partial charge in [-0.25, -0.2) is 9.18 Å². The number of carbonyl (C=O) groups is 3. The van der Waals surface area contributed by atoms with Gasteiger partial charge in [-0.1, -0.05) is 29.3 Å². The van der Waals surface area contributed by atoms with Gasteiger partial charge in [-0.05, 0) is 12.1 Å². The smallest absolute Gasteiger partial charge is 0.328 e.